The van der Waals surface area contributed by atoms with Crippen LogP contribution in [0.1, 0.15) is 36.2 Å². The van der Waals surface area contributed by atoms with Crippen LogP contribution in [0.25, 0.3) is 11.3 Å². The molecule has 132 valence electrons. The van der Waals surface area contributed by atoms with E-state index in [0.717, 1.165) is 12.8 Å². The van der Waals surface area contributed by atoms with Gasteiger partial charge in [-0.2, -0.15) is 9.49 Å². The lowest BCUT2D eigenvalue weighted by atomic mass is 10.1. The number of anilines is 1. The molecule has 2 aliphatic rings. The maximum Gasteiger partial charge on any atom is 0.341 e. The van der Waals surface area contributed by atoms with Gasteiger partial charge in [0, 0.05) is 6.04 Å². The maximum atomic E-state index is 14.7. The summed E-state index contributed by atoms with van der Waals surface area (Å²) in [6.45, 7) is 2.92. The van der Waals surface area contributed by atoms with Crippen molar-refractivity contribution in [3.8, 4) is 11.3 Å². The van der Waals surface area contributed by atoms with Crippen LogP contribution in [0.2, 0.25) is 0 Å². The zero-order chi connectivity index (χ0) is 17.4. The number of nitrogens with zero attached hydrogens (tertiary/aromatic N) is 3. The normalized spacial score (nSPS) is 17.2. The summed E-state index contributed by atoms with van der Waals surface area (Å²) in [5.41, 5.74) is 0.848. The number of hydrogen-bond donors (Lipinski definition) is 1. The molecule has 4 rings (SSSR count). The Morgan fingerprint density at radius 3 is 2.84 bits per heavy atom. The Balaban J connectivity index is 1.74. The molecule has 0 radical (unpaired) electrons. The molecule has 0 unspecified atom stereocenters. The predicted octanol–water partition coefficient (Wildman–Crippen LogP) is 2.41. The number of rotatable bonds is 6. The van der Waals surface area contributed by atoms with E-state index in [2.05, 4.69) is 15.4 Å². The van der Waals surface area contributed by atoms with Gasteiger partial charge in [0.1, 0.15) is 11.4 Å². The summed E-state index contributed by atoms with van der Waals surface area (Å²) >= 11 is 0. The third-order valence-corrected chi connectivity index (χ3v) is 4.29. The molecule has 25 heavy (non-hydrogen) atoms. The molecule has 0 aromatic carbocycles. The fraction of sp³-hybridized carbons (Fsp3) is 0.471. The second kappa shape index (κ2) is 6.44. The van der Waals surface area contributed by atoms with Gasteiger partial charge < -0.3 is 14.8 Å². The smallest absolute Gasteiger partial charge is 0.341 e. The Hall–Kier alpha value is -2.48. The molecule has 1 N–H and O–H groups in total. The number of nitrogens with one attached hydrogen (secondary N) is 1. The minimum Gasteiger partial charge on any atom is -0.462 e. The molecule has 1 saturated heterocycles. The van der Waals surface area contributed by atoms with Crippen molar-refractivity contribution in [2.45, 2.75) is 31.8 Å². The van der Waals surface area contributed by atoms with Crippen LogP contribution in [0.3, 0.4) is 0 Å². The number of halogens is 1. The quantitative estimate of drug-likeness (QED) is 0.639. The van der Waals surface area contributed by atoms with Gasteiger partial charge in [-0.25, -0.2) is 9.78 Å². The van der Waals surface area contributed by atoms with Crippen molar-refractivity contribution in [3.63, 3.8) is 0 Å². The first-order valence-electron chi connectivity index (χ1n) is 8.43. The summed E-state index contributed by atoms with van der Waals surface area (Å²) in [6, 6.07) is 3.70. The lowest BCUT2D eigenvalue weighted by Crippen LogP contribution is -2.32. The molecule has 2 aromatic heterocycles. The van der Waals surface area contributed by atoms with Crippen LogP contribution < -0.4 is 5.32 Å². The number of aromatic nitrogens is 3. The molecule has 2 aromatic rings. The summed E-state index contributed by atoms with van der Waals surface area (Å²) in [5.74, 6) is -0.666. The molecule has 0 spiro atoms. The molecule has 0 atom stereocenters. The van der Waals surface area contributed by atoms with Crippen molar-refractivity contribution < 1.29 is 18.7 Å². The lowest BCUT2D eigenvalue weighted by Gasteiger charge is -2.28. The molecule has 2 fully saturated rings. The SMILES string of the molecule is CCOC(=O)c1cnn(C2COC2)c1-c1ccc(NC2CC2)nc1F. The highest BCUT2D eigenvalue weighted by molar-refractivity contribution is 5.96. The fourth-order valence-corrected chi connectivity index (χ4v) is 2.76. The summed E-state index contributed by atoms with van der Waals surface area (Å²) < 4.78 is 26.6. The van der Waals surface area contributed by atoms with Crippen LogP contribution in [-0.4, -0.2) is 46.6 Å². The second-order valence-electron chi connectivity index (χ2n) is 6.22. The standard InChI is InChI=1S/C17H19FN4O3/c1-2-25-17(23)13-7-19-22(11-8-24-9-11)15(13)12-5-6-14(21-16(12)18)20-10-3-4-10/h5-7,10-11H,2-4,8-9H2,1H3,(H,20,21). The third kappa shape index (κ3) is 3.09. The first-order chi connectivity index (χ1) is 12.2. The van der Waals surface area contributed by atoms with Crippen molar-refractivity contribution in [2.75, 3.05) is 25.1 Å². The third-order valence-electron chi connectivity index (χ3n) is 4.29. The molecule has 0 bridgehead atoms. The largest absolute Gasteiger partial charge is 0.462 e. The average molecular weight is 346 g/mol. The number of esters is 1. The fourth-order valence-electron chi connectivity index (χ4n) is 2.76. The van der Waals surface area contributed by atoms with Crippen molar-refractivity contribution >= 4 is 11.8 Å². The number of carbonyl (C=O) groups excluding carboxylic acids is 1. The van der Waals surface area contributed by atoms with Gasteiger partial charge in [-0.3, -0.25) is 4.68 Å². The molecule has 8 heteroatoms. The van der Waals surface area contributed by atoms with E-state index >= 15 is 0 Å². The summed E-state index contributed by atoms with van der Waals surface area (Å²) in [4.78, 5) is 16.2. The summed E-state index contributed by atoms with van der Waals surface area (Å²) in [7, 11) is 0. The van der Waals surface area contributed by atoms with E-state index in [0.29, 0.717) is 30.8 Å². The van der Waals surface area contributed by atoms with Gasteiger partial charge in [-0.1, -0.05) is 0 Å². The van der Waals surface area contributed by atoms with Crippen LogP contribution in [0.4, 0.5) is 10.2 Å². The van der Waals surface area contributed by atoms with E-state index in [4.69, 9.17) is 9.47 Å². The van der Waals surface area contributed by atoms with E-state index in [-0.39, 0.29) is 23.8 Å². The number of hydrogen-bond acceptors (Lipinski definition) is 6. The van der Waals surface area contributed by atoms with Gasteiger partial charge in [0.2, 0.25) is 5.95 Å². The van der Waals surface area contributed by atoms with Gasteiger partial charge in [-0.15, -0.1) is 0 Å². The van der Waals surface area contributed by atoms with Crippen LogP contribution >= 0.6 is 0 Å². The van der Waals surface area contributed by atoms with E-state index in [1.807, 2.05) is 0 Å². The maximum absolute atomic E-state index is 14.7. The Bertz CT molecular complexity index is 799. The van der Waals surface area contributed by atoms with Gasteiger partial charge in [0.15, 0.2) is 0 Å². The van der Waals surface area contributed by atoms with E-state index in [9.17, 15) is 9.18 Å². The highest BCUT2D eigenvalue weighted by atomic mass is 19.1. The average Bonchev–Trinajstić information content (AvgIpc) is 3.24. The predicted molar refractivity (Wildman–Crippen MR) is 87.9 cm³/mol. The number of ether oxygens (including phenoxy) is 2. The second-order valence-corrected chi connectivity index (χ2v) is 6.22. The van der Waals surface area contributed by atoms with Gasteiger partial charge in [-0.05, 0) is 31.9 Å². The molecular formula is C17H19FN4O3. The van der Waals surface area contributed by atoms with Crippen molar-refractivity contribution in [1.82, 2.24) is 14.8 Å². The summed E-state index contributed by atoms with van der Waals surface area (Å²) in [5, 5.41) is 7.43. The number of pyridine rings is 1. The van der Waals surface area contributed by atoms with Crippen molar-refractivity contribution in [3.05, 3.63) is 29.8 Å². The van der Waals surface area contributed by atoms with Crippen LogP contribution in [0.15, 0.2) is 18.3 Å². The monoisotopic (exact) mass is 346 g/mol. The molecule has 7 nitrogen and oxygen atoms in total. The van der Waals surface area contributed by atoms with Crippen LogP contribution in [0.5, 0.6) is 0 Å². The highest BCUT2D eigenvalue weighted by Crippen LogP contribution is 2.32. The Labute approximate surface area is 144 Å². The number of carbonyl (C=O) groups is 1. The topological polar surface area (TPSA) is 78.3 Å². The van der Waals surface area contributed by atoms with Gasteiger partial charge in [0.25, 0.3) is 0 Å². The molecule has 3 heterocycles. The first kappa shape index (κ1) is 16.0. The lowest BCUT2D eigenvalue weighted by molar-refractivity contribution is -0.0279. The highest BCUT2D eigenvalue weighted by Gasteiger charge is 2.30. The van der Waals surface area contributed by atoms with E-state index < -0.39 is 11.9 Å². The Morgan fingerprint density at radius 2 is 2.24 bits per heavy atom. The minimum absolute atomic E-state index is 0.0261. The zero-order valence-corrected chi connectivity index (χ0v) is 13.9. The van der Waals surface area contributed by atoms with Gasteiger partial charge in [0.05, 0.1) is 43.3 Å². The minimum atomic E-state index is -0.641. The van der Waals surface area contributed by atoms with Gasteiger partial charge >= 0.3 is 5.97 Å². The molecule has 1 saturated carbocycles. The van der Waals surface area contributed by atoms with Crippen LogP contribution in [-0.2, 0) is 9.47 Å². The molecule has 1 aliphatic heterocycles. The first-order valence-corrected chi connectivity index (χ1v) is 8.43. The van der Waals surface area contributed by atoms with Crippen molar-refractivity contribution in [1.29, 1.82) is 0 Å². The van der Waals surface area contributed by atoms with Crippen LogP contribution in [0, 0.1) is 5.95 Å². The van der Waals surface area contributed by atoms with Crippen molar-refractivity contribution in [2.24, 2.45) is 0 Å². The van der Waals surface area contributed by atoms with E-state index in [1.54, 1.807) is 23.7 Å². The molecule has 0 amide bonds. The Morgan fingerprint density at radius 1 is 1.44 bits per heavy atom. The Kier molecular flexibility index (Phi) is 4.12. The summed E-state index contributed by atoms with van der Waals surface area (Å²) in [6.07, 6.45) is 3.57. The van der Waals surface area contributed by atoms with E-state index in [1.165, 1.54) is 6.20 Å². The molecular weight excluding hydrogens is 327 g/mol. The molecule has 1 aliphatic carbocycles. The zero-order valence-electron chi connectivity index (χ0n) is 13.9.